The molecule has 2 heterocycles. The first-order valence-corrected chi connectivity index (χ1v) is 16.0. The molecule has 238 valence electrons. The monoisotopic (exact) mass is 646 g/mol. The fraction of sp³-hybridized carbons (Fsp3) is 0.184. The molecule has 1 atom stereocenters. The molecule has 1 aliphatic rings. The fourth-order valence-corrected chi connectivity index (χ4v) is 6.67. The van der Waals surface area contributed by atoms with Crippen LogP contribution in [0.5, 0.6) is 17.2 Å². The maximum absolute atomic E-state index is 14.0. The van der Waals surface area contributed by atoms with Crippen LogP contribution in [0.1, 0.15) is 36.6 Å². The molecule has 5 aromatic rings. The smallest absolute Gasteiger partial charge is 0.338 e. The van der Waals surface area contributed by atoms with Crippen molar-refractivity contribution in [1.29, 1.82) is 0 Å². The number of carbonyl (C=O) groups is 1. The number of fused-ring (bicyclic) bond motifs is 2. The Morgan fingerprint density at radius 1 is 1.00 bits per heavy atom. The van der Waals surface area contributed by atoms with Gasteiger partial charge in [0.2, 0.25) is 0 Å². The van der Waals surface area contributed by atoms with Gasteiger partial charge in [-0.25, -0.2) is 9.79 Å². The Morgan fingerprint density at radius 3 is 2.55 bits per heavy atom. The van der Waals surface area contributed by atoms with Crippen molar-refractivity contribution in [3.8, 4) is 17.2 Å². The van der Waals surface area contributed by atoms with Crippen molar-refractivity contribution in [2.75, 3.05) is 20.3 Å². The van der Waals surface area contributed by atoms with Gasteiger partial charge in [-0.15, -0.1) is 0 Å². The molecule has 0 bridgehead atoms. The highest BCUT2D eigenvalue weighted by Gasteiger charge is 2.33. The second kappa shape index (κ2) is 13.9. The average Bonchev–Trinajstić information content (AvgIpc) is 3.39. The summed E-state index contributed by atoms with van der Waals surface area (Å²) in [6.45, 7) is 8.14. The van der Waals surface area contributed by atoms with Crippen molar-refractivity contribution in [2.24, 2.45) is 4.99 Å². The number of hydrogen-bond acceptors (Lipinski definition) is 8. The van der Waals surface area contributed by atoms with Gasteiger partial charge in [0.1, 0.15) is 19.0 Å². The lowest BCUT2D eigenvalue weighted by molar-refractivity contribution is -0.139. The molecular formula is C38H34N2O6S. The van der Waals surface area contributed by atoms with E-state index in [2.05, 4.69) is 35.8 Å². The van der Waals surface area contributed by atoms with Crippen LogP contribution in [0.25, 0.3) is 16.8 Å². The van der Waals surface area contributed by atoms with Gasteiger partial charge in [-0.2, -0.15) is 0 Å². The van der Waals surface area contributed by atoms with E-state index in [0.717, 1.165) is 27.5 Å². The molecule has 0 saturated heterocycles. The molecule has 1 aromatic heterocycles. The first-order valence-electron chi connectivity index (χ1n) is 15.2. The summed E-state index contributed by atoms with van der Waals surface area (Å²) in [5, 5.41) is 2.29. The molecule has 4 aromatic carbocycles. The van der Waals surface area contributed by atoms with Crippen molar-refractivity contribution in [2.45, 2.75) is 26.5 Å². The highest BCUT2D eigenvalue weighted by molar-refractivity contribution is 7.07. The number of benzene rings is 4. The summed E-state index contributed by atoms with van der Waals surface area (Å²) in [7, 11) is 1.59. The van der Waals surface area contributed by atoms with E-state index in [0.29, 0.717) is 51.1 Å². The topological polar surface area (TPSA) is 88.4 Å². The van der Waals surface area contributed by atoms with Crippen LogP contribution in [0, 0.1) is 0 Å². The van der Waals surface area contributed by atoms with E-state index in [1.54, 1.807) is 37.7 Å². The molecule has 9 heteroatoms. The van der Waals surface area contributed by atoms with Gasteiger partial charge in [0.15, 0.2) is 16.3 Å². The van der Waals surface area contributed by atoms with Crippen molar-refractivity contribution < 1.29 is 23.7 Å². The van der Waals surface area contributed by atoms with Crippen molar-refractivity contribution in [3.63, 3.8) is 0 Å². The number of aromatic nitrogens is 1. The lowest BCUT2D eigenvalue weighted by Crippen LogP contribution is -2.39. The van der Waals surface area contributed by atoms with Crippen LogP contribution in [0.3, 0.4) is 0 Å². The minimum Gasteiger partial charge on any atom is -0.493 e. The molecule has 6 rings (SSSR count). The molecule has 0 radical (unpaired) electrons. The van der Waals surface area contributed by atoms with E-state index in [1.807, 2.05) is 60.7 Å². The summed E-state index contributed by atoms with van der Waals surface area (Å²) in [5.74, 6) is 1.28. The number of methoxy groups -OCH3 is 1. The van der Waals surface area contributed by atoms with Crippen LogP contribution >= 0.6 is 11.3 Å². The zero-order chi connectivity index (χ0) is 32.9. The second-order valence-electron chi connectivity index (χ2n) is 10.8. The number of carbonyl (C=O) groups excluding carboxylic acids is 1. The third kappa shape index (κ3) is 6.48. The van der Waals surface area contributed by atoms with E-state index < -0.39 is 12.0 Å². The Bertz CT molecular complexity index is 2170. The summed E-state index contributed by atoms with van der Waals surface area (Å²) in [4.78, 5) is 32.4. The van der Waals surface area contributed by atoms with Crippen molar-refractivity contribution in [3.05, 3.63) is 145 Å². The minimum atomic E-state index is -0.722. The number of rotatable bonds is 11. The van der Waals surface area contributed by atoms with Gasteiger partial charge in [0.05, 0.1) is 35.6 Å². The van der Waals surface area contributed by atoms with Crippen LogP contribution in [-0.2, 0) is 16.1 Å². The predicted molar refractivity (Wildman–Crippen MR) is 184 cm³/mol. The van der Waals surface area contributed by atoms with Gasteiger partial charge in [-0.1, -0.05) is 84.7 Å². The summed E-state index contributed by atoms with van der Waals surface area (Å²) in [6.07, 6.45) is 3.46. The van der Waals surface area contributed by atoms with Crippen molar-refractivity contribution >= 4 is 34.2 Å². The maximum atomic E-state index is 14.0. The second-order valence-corrected chi connectivity index (χ2v) is 11.8. The Labute approximate surface area is 276 Å². The van der Waals surface area contributed by atoms with Gasteiger partial charge >= 0.3 is 5.97 Å². The zero-order valence-electron chi connectivity index (χ0n) is 26.4. The number of hydrogen-bond donors (Lipinski definition) is 0. The average molecular weight is 647 g/mol. The molecule has 0 N–H and O–H groups in total. The Morgan fingerprint density at radius 2 is 1.79 bits per heavy atom. The quantitative estimate of drug-likeness (QED) is 0.127. The molecule has 1 aliphatic heterocycles. The molecule has 8 nitrogen and oxygen atoms in total. The Balaban J connectivity index is 1.35. The molecular weight excluding hydrogens is 612 g/mol. The molecule has 0 unspecified atom stereocenters. The van der Waals surface area contributed by atoms with Gasteiger partial charge in [-0.05, 0) is 71.7 Å². The SMILES string of the molecule is C=CCOc1ccc([C@H]2C(C(=O)OCC)=C(C)N=c3s/c(=C\c4ccc(OCc5cccc6ccccc56)c(OC)c4)c(=O)n32)cc1. The first-order chi connectivity index (χ1) is 22.9. The predicted octanol–water partition coefficient (Wildman–Crippen LogP) is 6.10. The number of esters is 1. The standard InChI is InChI=1S/C38H34N2O6S/c1-5-20-45-29-17-15-27(16-18-29)35-34(37(42)44-6-2)24(3)39-38-40(35)36(41)33(47-38)22-25-14-19-31(32(21-25)43-4)46-23-28-12-9-11-26-10-7-8-13-30(26)28/h5,7-19,21-22,35H,1,6,20,23H2,2-4H3/b33-22-/t35-/m0/s1. The van der Waals surface area contributed by atoms with Gasteiger partial charge in [0, 0.05) is 0 Å². The maximum Gasteiger partial charge on any atom is 0.338 e. The highest BCUT2D eigenvalue weighted by atomic mass is 32.1. The molecule has 0 aliphatic carbocycles. The number of thiazole rings is 1. The third-order valence-electron chi connectivity index (χ3n) is 7.83. The lowest BCUT2D eigenvalue weighted by atomic mass is 9.96. The van der Waals surface area contributed by atoms with Gasteiger partial charge in [0.25, 0.3) is 5.56 Å². The van der Waals surface area contributed by atoms with Crippen LogP contribution < -0.4 is 29.1 Å². The van der Waals surface area contributed by atoms with Crippen LogP contribution in [0.4, 0.5) is 0 Å². The molecule has 0 saturated carbocycles. The van der Waals surface area contributed by atoms with Crippen LogP contribution in [0.2, 0.25) is 0 Å². The molecule has 0 amide bonds. The van der Waals surface area contributed by atoms with E-state index in [9.17, 15) is 9.59 Å². The zero-order valence-corrected chi connectivity index (χ0v) is 27.2. The molecule has 0 fully saturated rings. The van der Waals surface area contributed by atoms with E-state index in [-0.39, 0.29) is 12.2 Å². The largest absolute Gasteiger partial charge is 0.493 e. The molecule has 0 spiro atoms. The summed E-state index contributed by atoms with van der Waals surface area (Å²) in [6, 6.07) is 26.5. The van der Waals surface area contributed by atoms with E-state index in [4.69, 9.17) is 18.9 Å². The Hall–Kier alpha value is -5.41. The molecule has 47 heavy (non-hydrogen) atoms. The third-order valence-corrected chi connectivity index (χ3v) is 8.81. The fourth-order valence-electron chi connectivity index (χ4n) is 5.63. The van der Waals surface area contributed by atoms with Crippen LogP contribution in [-0.4, -0.2) is 30.9 Å². The number of ether oxygens (including phenoxy) is 4. The summed E-state index contributed by atoms with van der Waals surface area (Å²) < 4.78 is 25.0. The lowest BCUT2D eigenvalue weighted by Gasteiger charge is -2.24. The first kappa shape index (κ1) is 31.6. The highest BCUT2D eigenvalue weighted by Crippen LogP contribution is 2.32. The van der Waals surface area contributed by atoms with E-state index in [1.165, 1.54) is 11.3 Å². The van der Waals surface area contributed by atoms with E-state index >= 15 is 0 Å². The van der Waals surface area contributed by atoms with Crippen molar-refractivity contribution in [1.82, 2.24) is 4.57 Å². The number of nitrogens with zero attached hydrogens (tertiary/aromatic N) is 2. The Kier molecular flexibility index (Phi) is 9.35. The number of allylic oxidation sites excluding steroid dienone is 1. The summed E-state index contributed by atoms with van der Waals surface area (Å²) in [5.41, 5.74) is 3.11. The van der Waals surface area contributed by atoms with Crippen LogP contribution in [0.15, 0.2) is 119 Å². The minimum absolute atomic E-state index is 0.199. The normalized spacial score (nSPS) is 14.4. The van der Waals surface area contributed by atoms with Gasteiger partial charge in [-0.3, -0.25) is 9.36 Å². The van der Waals surface area contributed by atoms with Gasteiger partial charge < -0.3 is 18.9 Å². The summed E-state index contributed by atoms with van der Waals surface area (Å²) >= 11 is 1.26.